The molecular formula is C22H29N3O5S. The lowest BCUT2D eigenvalue weighted by Gasteiger charge is -2.18. The number of carbonyl (C=O) groups excluding carboxylic acids is 2. The quantitative estimate of drug-likeness (QED) is 0.481. The fourth-order valence-corrected chi connectivity index (χ4v) is 4.59. The van der Waals surface area contributed by atoms with Crippen LogP contribution in [0.3, 0.4) is 0 Å². The van der Waals surface area contributed by atoms with Crippen molar-refractivity contribution in [2.75, 3.05) is 32.8 Å². The molecule has 2 rings (SSSR count). The smallest absolute Gasteiger partial charge is 0.251 e. The maximum atomic E-state index is 12.6. The molecule has 3 N–H and O–H groups in total. The summed E-state index contributed by atoms with van der Waals surface area (Å²) in [5, 5.41) is 14.7. The summed E-state index contributed by atoms with van der Waals surface area (Å²) in [7, 11) is -3.69. The molecule has 0 saturated heterocycles. The summed E-state index contributed by atoms with van der Waals surface area (Å²) in [6.45, 7) is 3.99. The molecule has 8 nitrogen and oxygen atoms in total. The normalized spacial score (nSPS) is 12.4. The van der Waals surface area contributed by atoms with E-state index in [0.29, 0.717) is 13.1 Å². The number of nitrogens with zero attached hydrogens (tertiary/aromatic N) is 1. The molecule has 0 bridgehead atoms. The molecular weight excluding hydrogens is 418 g/mol. The summed E-state index contributed by atoms with van der Waals surface area (Å²) >= 11 is 0. The van der Waals surface area contributed by atoms with E-state index in [1.165, 1.54) is 28.6 Å². The lowest BCUT2D eigenvalue weighted by molar-refractivity contribution is -0.120. The summed E-state index contributed by atoms with van der Waals surface area (Å²) in [6, 6.07) is 15.1. The van der Waals surface area contributed by atoms with Crippen molar-refractivity contribution in [2.45, 2.75) is 24.7 Å². The number of benzene rings is 2. The summed E-state index contributed by atoms with van der Waals surface area (Å²) in [5.74, 6) is -1.20. The minimum atomic E-state index is -3.69. The zero-order valence-electron chi connectivity index (χ0n) is 17.7. The van der Waals surface area contributed by atoms with Crippen molar-refractivity contribution in [1.82, 2.24) is 14.9 Å². The summed E-state index contributed by atoms with van der Waals surface area (Å²) in [4.78, 5) is 24.6. The molecule has 0 saturated carbocycles. The van der Waals surface area contributed by atoms with Gasteiger partial charge in [0.1, 0.15) is 0 Å². The van der Waals surface area contributed by atoms with Gasteiger partial charge in [0.2, 0.25) is 15.9 Å². The maximum Gasteiger partial charge on any atom is 0.251 e. The van der Waals surface area contributed by atoms with Crippen LogP contribution in [-0.4, -0.2) is 62.4 Å². The molecule has 0 spiro atoms. The summed E-state index contributed by atoms with van der Waals surface area (Å²) in [5.41, 5.74) is 1.05. The Morgan fingerprint density at radius 3 is 2.29 bits per heavy atom. The minimum absolute atomic E-state index is 0.0296. The van der Waals surface area contributed by atoms with Gasteiger partial charge in [-0.05, 0) is 23.8 Å². The SMILES string of the molecule is CCN(CC)S(=O)(=O)c1cccc(C(=O)NCC(=O)NC[C@@H](CO)c2ccccc2)c1. The lowest BCUT2D eigenvalue weighted by atomic mass is 10.0. The fraction of sp³-hybridized carbons (Fsp3) is 0.364. The number of aliphatic hydroxyl groups excluding tert-OH is 1. The van der Waals surface area contributed by atoms with Crippen LogP contribution in [0, 0.1) is 0 Å². The van der Waals surface area contributed by atoms with Crippen molar-refractivity contribution in [1.29, 1.82) is 0 Å². The van der Waals surface area contributed by atoms with Crippen LogP contribution in [0.25, 0.3) is 0 Å². The number of carbonyl (C=O) groups is 2. The average molecular weight is 448 g/mol. The average Bonchev–Trinajstić information content (AvgIpc) is 2.79. The van der Waals surface area contributed by atoms with E-state index in [-0.39, 0.29) is 36.1 Å². The zero-order chi connectivity index (χ0) is 22.9. The standard InChI is InChI=1S/C22H29N3O5S/c1-3-25(4-2)31(29,30)20-12-8-11-18(13-20)22(28)24-15-21(27)23-14-19(16-26)17-9-6-5-7-10-17/h5-13,19,26H,3-4,14-16H2,1-2H3,(H,23,27)(H,24,28)/t19-/m0/s1. The highest BCUT2D eigenvalue weighted by Crippen LogP contribution is 2.17. The van der Waals surface area contributed by atoms with E-state index >= 15 is 0 Å². The molecule has 0 aliphatic rings. The molecule has 0 unspecified atom stereocenters. The third-order valence-electron chi connectivity index (χ3n) is 4.89. The second-order valence-corrected chi connectivity index (χ2v) is 8.83. The molecule has 168 valence electrons. The Morgan fingerprint density at radius 2 is 1.68 bits per heavy atom. The van der Waals surface area contributed by atoms with Crippen molar-refractivity contribution in [3.8, 4) is 0 Å². The van der Waals surface area contributed by atoms with Crippen molar-refractivity contribution in [3.05, 3.63) is 65.7 Å². The number of hydrogen-bond donors (Lipinski definition) is 3. The topological polar surface area (TPSA) is 116 Å². The van der Waals surface area contributed by atoms with Gasteiger partial charge < -0.3 is 15.7 Å². The first-order chi connectivity index (χ1) is 14.8. The van der Waals surface area contributed by atoms with Gasteiger partial charge in [-0.25, -0.2) is 8.42 Å². The molecule has 0 aliphatic carbocycles. The van der Waals surface area contributed by atoms with Crippen LogP contribution in [0.15, 0.2) is 59.5 Å². The molecule has 1 atom stereocenters. The Bertz CT molecular complexity index is 976. The fourth-order valence-electron chi connectivity index (χ4n) is 3.09. The van der Waals surface area contributed by atoms with E-state index in [1.807, 2.05) is 30.3 Å². The lowest BCUT2D eigenvalue weighted by Crippen LogP contribution is -2.39. The highest BCUT2D eigenvalue weighted by atomic mass is 32.2. The highest BCUT2D eigenvalue weighted by Gasteiger charge is 2.22. The van der Waals surface area contributed by atoms with Gasteiger partial charge in [-0.3, -0.25) is 9.59 Å². The number of sulfonamides is 1. The Morgan fingerprint density at radius 1 is 1.00 bits per heavy atom. The minimum Gasteiger partial charge on any atom is -0.396 e. The van der Waals surface area contributed by atoms with E-state index in [9.17, 15) is 23.1 Å². The van der Waals surface area contributed by atoms with Gasteiger partial charge in [-0.1, -0.05) is 50.2 Å². The van der Waals surface area contributed by atoms with Gasteiger partial charge in [0, 0.05) is 31.1 Å². The molecule has 0 radical (unpaired) electrons. The monoisotopic (exact) mass is 447 g/mol. The van der Waals surface area contributed by atoms with Crippen LogP contribution in [0.4, 0.5) is 0 Å². The first-order valence-corrected chi connectivity index (χ1v) is 11.6. The van der Waals surface area contributed by atoms with Gasteiger partial charge in [0.05, 0.1) is 18.0 Å². The van der Waals surface area contributed by atoms with E-state index in [2.05, 4.69) is 10.6 Å². The molecule has 0 aromatic heterocycles. The number of aliphatic hydroxyl groups is 1. The van der Waals surface area contributed by atoms with Gasteiger partial charge in [0.25, 0.3) is 5.91 Å². The van der Waals surface area contributed by atoms with Gasteiger partial charge in [-0.2, -0.15) is 4.31 Å². The van der Waals surface area contributed by atoms with Crippen LogP contribution < -0.4 is 10.6 Å². The van der Waals surface area contributed by atoms with Crippen LogP contribution in [0.1, 0.15) is 35.7 Å². The van der Waals surface area contributed by atoms with Crippen LogP contribution in [0.5, 0.6) is 0 Å². The number of rotatable bonds is 11. The van der Waals surface area contributed by atoms with Crippen LogP contribution in [-0.2, 0) is 14.8 Å². The number of nitrogens with one attached hydrogen (secondary N) is 2. The molecule has 0 fully saturated rings. The Balaban J connectivity index is 1.94. The van der Waals surface area contributed by atoms with Gasteiger partial charge in [-0.15, -0.1) is 0 Å². The third kappa shape index (κ3) is 6.61. The first-order valence-electron chi connectivity index (χ1n) is 10.1. The molecule has 0 heterocycles. The Hall–Kier alpha value is -2.75. The highest BCUT2D eigenvalue weighted by molar-refractivity contribution is 7.89. The van der Waals surface area contributed by atoms with E-state index in [1.54, 1.807) is 13.8 Å². The predicted octanol–water partition coefficient (Wildman–Crippen LogP) is 1.34. The van der Waals surface area contributed by atoms with Crippen molar-refractivity contribution in [3.63, 3.8) is 0 Å². The molecule has 9 heteroatoms. The second-order valence-electron chi connectivity index (χ2n) is 6.89. The van der Waals surface area contributed by atoms with Crippen molar-refractivity contribution >= 4 is 21.8 Å². The van der Waals surface area contributed by atoms with E-state index in [0.717, 1.165) is 5.56 Å². The number of hydrogen-bond acceptors (Lipinski definition) is 5. The first kappa shape index (κ1) is 24.5. The molecule has 31 heavy (non-hydrogen) atoms. The molecule has 2 amide bonds. The largest absolute Gasteiger partial charge is 0.396 e. The summed E-state index contributed by atoms with van der Waals surface area (Å²) < 4.78 is 26.6. The van der Waals surface area contributed by atoms with Gasteiger partial charge in [0.15, 0.2) is 0 Å². The Labute approximate surface area is 183 Å². The molecule has 0 aliphatic heterocycles. The zero-order valence-corrected chi connectivity index (χ0v) is 18.6. The molecule has 2 aromatic rings. The van der Waals surface area contributed by atoms with E-state index in [4.69, 9.17) is 0 Å². The van der Waals surface area contributed by atoms with Crippen LogP contribution in [0.2, 0.25) is 0 Å². The molecule has 2 aromatic carbocycles. The maximum absolute atomic E-state index is 12.6. The van der Waals surface area contributed by atoms with Crippen molar-refractivity contribution in [2.24, 2.45) is 0 Å². The van der Waals surface area contributed by atoms with E-state index < -0.39 is 21.8 Å². The van der Waals surface area contributed by atoms with Crippen LogP contribution >= 0.6 is 0 Å². The third-order valence-corrected chi connectivity index (χ3v) is 6.93. The second kappa shape index (κ2) is 11.6. The number of amides is 2. The Kier molecular flexibility index (Phi) is 9.17. The predicted molar refractivity (Wildman–Crippen MR) is 118 cm³/mol. The van der Waals surface area contributed by atoms with Gasteiger partial charge >= 0.3 is 0 Å². The van der Waals surface area contributed by atoms with Crippen molar-refractivity contribution < 1.29 is 23.1 Å². The summed E-state index contributed by atoms with van der Waals surface area (Å²) in [6.07, 6.45) is 0.